The number of carbonyl (C=O) groups excluding carboxylic acids is 1. The first-order chi connectivity index (χ1) is 13.7. The van der Waals surface area contributed by atoms with Crippen molar-refractivity contribution in [2.45, 2.75) is 12.8 Å². The fraction of sp³-hybridized carbons (Fsp3) is 0.350. The van der Waals surface area contributed by atoms with Gasteiger partial charge < -0.3 is 19.5 Å². The fourth-order valence-electron chi connectivity index (χ4n) is 3.12. The summed E-state index contributed by atoms with van der Waals surface area (Å²) in [6.07, 6.45) is 0.718. The van der Waals surface area contributed by atoms with E-state index in [2.05, 4.69) is 44.5 Å². The quantitative estimate of drug-likeness (QED) is 0.689. The zero-order chi connectivity index (χ0) is 19.3. The average molecular weight is 398 g/mol. The van der Waals surface area contributed by atoms with Gasteiger partial charge in [-0.25, -0.2) is 0 Å². The number of benzene rings is 1. The van der Waals surface area contributed by atoms with Gasteiger partial charge in [-0.15, -0.1) is 21.5 Å². The van der Waals surface area contributed by atoms with Crippen LogP contribution in [0.2, 0.25) is 0 Å². The van der Waals surface area contributed by atoms with Crippen molar-refractivity contribution in [3.8, 4) is 10.8 Å². The van der Waals surface area contributed by atoms with Gasteiger partial charge in [-0.05, 0) is 42.8 Å². The molecule has 4 rings (SSSR count). The summed E-state index contributed by atoms with van der Waals surface area (Å²) in [5, 5.41) is 12.9. The number of piperazine rings is 1. The largest absolute Gasteiger partial charge is 0.420 e. The lowest BCUT2D eigenvalue weighted by Crippen LogP contribution is -2.44. The number of hydrogen-bond acceptors (Lipinski definition) is 7. The monoisotopic (exact) mass is 397 g/mol. The van der Waals surface area contributed by atoms with Gasteiger partial charge in [0, 0.05) is 50.4 Å². The van der Waals surface area contributed by atoms with Crippen LogP contribution in [0.5, 0.6) is 0 Å². The third-order valence-electron chi connectivity index (χ3n) is 4.78. The Hall–Kier alpha value is -2.71. The summed E-state index contributed by atoms with van der Waals surface area (Å²) in [6.45, 7) is 4.20. The van der Waals surface area contributed by atoms with Crippen molar-refractivity contribution in [1.29, 1.82) is 0 Å². The van der Waals surface area contributed by atoms with Crippen molar-refractivity contribution in [2.24, 2.45) is 0 Å². The van der Waals surface area contributed by atoms with Crippen molar-refractivity contribution in [3.63, 3.8) is 0 Å². The van der Waals surface area contributed by atoms with Gasteiger partial charge in [-0.2, -0.15) is 0 Å². The number of carbonyl (C=O) groups is 1. The van der Waals surface area contributed by atoms with Crippen LogP contribution in [-0.2, 0) is 11.2 Å². The van der Waals surface area contributed by atoms with Crippen LogP contribution in [0, 0.1) is 0 Å². The van der Waals surface area contributed by atoms with Gasteiger partial charge >= 0.3 is 0 Å². The van der Waals surface area contributed by atoms with Crippen molar-refractivity contribution in [1.82, 2.24) is 15.1 Å². The highest BCUT2D eigenvalue weighted by atomic mass is 32.1. The van der Waals surface area contributed by atoms with Crippen LogP contribution in [0.25, 0.3) is 10.8 Å². The molecule has 1 aliphatic heterocycles. The molecule has 0 saturated carbocycles. The molecule has 0 bridgehead atoms. The van der Waals surface area contributed by atoms with E-state index >= 15 is 0 Å². The van der Waals surface area contributed by atoms with Gasteiger partial charge in [0.1, 0.15) is 0 Å². The molecule has 1 fully saturated rings. The van der Waals surface area contributed by atoms with Crippen LogP contribution >= 0.6 is 11.3 Å². The summed E-state index contributed by atoms with van der Waals surface area (Å²) in [6, 6.07) is 11.9. The molecule has 1 amide bonds. The Bertz CT molecular complexity index is 899. The summed E-state index contributed by atoms with van der Waals surface area (Å²) < 4.78 is 5.62. The lowest BCUT2D eigenvalue weighted by Gasteiger charge is -2.34. The molecular formula is C20H23N5O2S. The molecule has 3 heterocycles. The van der Waals surface area contributed by atoms with Crippen LogP contribution < -0.4 is 10.2 Å². The third kappa shape index (κ3) is 4.58. The summed E-state index contributed by atoms with van der Waals surface area (Å²) in [4.78, 5) is 17.9. The van der Waals surface area contributed by atoms with E-state index in [4.69, 9.17) is 4.42 Å². The molecule has 2 aromatic heterocycles. The van der Waals surface area contributed by atoms with E-state index in [1.165, 1.54) is 5.69 Å². The smallest absolute Gasteiger partial charge is 0.257 e. The second-order valence-electron chi connectivity index (χ2n) is 6.86. The predicted octanol–water partition coefficient (Wildman–Crippen LogP) is 3.12. The minimum Gasteiger partial charge on any atom is -0.420 e. The molecule has 146 valence electrons. The van der Waals surface area contributed by atoms with Crippen molar-refractivity contribution in [2.75, 3.05) is 43.4 Å². The molecular weight excluding hydrogens is 374 g/mol. The minimum atomic E-state index is -0.0665. The molecule has 1 aliphatic rings. The van der Waals surface area contributed by atoms with Gasteiger partial charge in [0.2, 0.25) is 11.8 Å². The molecule has 1 N–H and O–H groups in total. The number of aromatic nitrogens is 2. The zero-order valence-electron chi connectivity index (χ0n) is 15.8. The molecule has 0 unspecified atom stereocenters. The lowest BCUT2D eigenvalue weighted by molar-refractivity contribution is -0.116. The topological polar surface area (TPSA) is 74.5 Å². The normalized spacial score (nSPS) is 15.0. The maximum Gasteiger partial charge on any atom is 0.257 e. The number of aryl methyl sites for hydroxylation is 1. The van der Waals surface area contributed by atoms with Gasteiger partial charge in [-0.3, -0.25) is 4.79 Å². The standard InChI is InChI=1S/C20H23N5O2S/c1-24-10-12-25(13-11-24)16-6-4-15(5-7-16)21-18(26)8-9-19-22-23-20(27-19)17-3-2-14-28-17/h2-7,14H,8-13H2,1H3,(H,21,26). The van der Waals surface area contributed by atoms with E-state index in [9.17, 15) is 4.79 Å². The Labute approximate surface area is 168 Å². The maximum absolute atomic E-state index is 12.2. The fourth-order valence-corrected chi connectivity index (χ4v) is 3.76. The second-order valence-corrected chi connectivity index (χ2v) is 7.81. The van der Waals surface area contributed by atoms with E-state index in [1.54, 1.807) is 11.3 Å². The number of hydrogen-bond donors (Lipinski definition) is 1. The van der Waals surface area contributed by atoms with Crippen LogP contribution in [0.1, 0.15) is 12.3 Å². The highest BCUT2D eigenvalue weighted by Gasteiger charge is 2.14. The first-order valence-corrected chi connectivity index (χ1v) is 10.2. The van der Waals surface area contributed by atoms with Crippen LogP contribution in [-0.4, -0.2) is 54.2 Å². The number of nitrogens with one attached hydrogen (secondary N) is 1. The molecule has 0 atom stereocenters. The zero-order valence-corrected chi connectivity index (χ0v) is 16.6. The highest BCUT2D eigenvalue weighted by Crippen LogP contribution is 2.23. The highest BCUT2D eigenvalue weighted by molar-refractivity contribution is 7.13. The van der Waals surface area contributed by atoms with E-state index < -0.39 is 0 Å². The third-order valence-corrected chi connectivity index (χ3v) is 5.64. The molecule has 1 saturated heterocycles. The summed E-state index contributed by atoms with van der Waals surface area (Å²) >= 11 is 1.55. The Morgan fingerprint density at radius 2 is 1.93 bits per heavy atom. The minimum absolute atomic E-state index is 0.0665. The lowest BCUT2D eigenvalue weighted by atomic mass is 10.2. The Kier molecular flexibility index (Phi) is 5.68. The first-order valence-electron chi connectivity index (χ1n) is 9.37. The van der Waals surface area contributed by atoms with Crippen LogP contribution in [0.4, 0.5) is 11.4 Å². The van der Waals surface area contributed by atoms with Gasteiger partial charge in [0.05, 0.1) is 4.88 Å². The SMILES string of the molecule is CN1CCN(c2ccc(NC(=O)CCc3nnc(-c4cccs4)o3)cc2)CC1. The summed E-state index contributed by atoms with van der Waals surface area (Å²) in [5.41, 5.74) is 1.99. The molecule has 7 nitrogen and oxygen atoms in total. The van der Waals surface area contributed by atoms with E-state index in [0.29, 0.717) is 24.6 Å². The number of nitrogens with zero attached hydrogens (tertiary/aromatic N) is 4. The second kappa shape index (κ2) is 8.53. The number of rotatable bonds is 6. The molecule has 8 heteroatoms. The number of amides is 1. The van der Waals surface area contributed by atoms with Crippen LogP contribution in [0.15, 0.2) is 46.2 Å². The summed E-state index contributed by atoms with van der Waals surface area (Å²) in [7, 11) is 2.15. The Balaban J connectivity index is 1.27. The summed E-state index contributed by atoms with van der Waals surface area (Å²) in [5.74, 6) is 0.914. The molecule has 0 aliphatic carbocycles. The Morgan fingerprint density at radius 3 is 2.64 bits per heavy atom. The van der Waals surface area contributed by atoms with Crippen molar-refractivity contribution >= 4 is 28.6 Å². The molecule has 3 aromatic rings. The number of likely N-dealkylation sites (N-methyl/N-ethyl adjacent to an activating group) is 1. The van der Waals surface area contributed by atoms with Gasteiger partial charge in [-0.1, -0.05) is 6.07 Å². The van der Waals surface area contributed by atoms with Gasteiger partial charge in [0.25, 0.3) is 5.89 Å². The molecule has 0 radical (unpaired) electrons. The van der Waals surface area contributed by atoms with Gasteiger partial charge in [0.15, 0.2) is 0 Å². The van der Waals surface area contributed by atoms with E-state index in [0.717, 1.165) is 36.7 Å². The number of anilines is 2. The molecule has 28 heavy (non-hydrogen) atoms. The molecule has 1 aromatic carbocycles. The average Bonchev–Trinajstić information content (AvgIpc) is 3.39. The number of thiophene rings is 1. The van der Waals surface area contributed by atoms with Crippen molar-refractivity contribution in [3.05, 3.63) is 47.7 Å². The van der Waals surface area contributed by atoms with E-state index in [-0.39, 0.29) is 5.91 Å². The van der Waals surface area contributed by atoms with Crippen LogP contribution in [0.3, 0.4) is 0 Å². The first kappa shape index (κ1) is 18.6. The predicted molar refractivity (Wildman–Crippen MR) is 111 cm³/mol. The van der Waals surface area contributed by atoms with Crippen molar-refractivity contribution < 1.29 is 9.21 Å². The maximum atomic E-state index is 12.2. The van der Waals surface area contributed by atoms with E-state index in [1.807, 2.05) is 29.6 Å². The Morgan fingerprint density at radius 1 is 1.14 bits per heavy atom. The molecule has 0 spiro atoms.